The smallest absolute Gasteiger partial charge is 0.161 e. The summed E-state index contributed by atoms with van der Waals surface area (Å²) in [6.45, 7) is 1.63. The molecule has 0 atom stereocenters. The molecule has 3 heterocycles. The van der Waals surface area contributed by atoms with Crippen LogP contribution in [0.25, 0.3) is 11.3 Å². The Bertz CT molecular complexity index is 575. The van der Waals surface area contributed by atoms with E-state index in [0.29, 0.717) is 0 Å². The summed E-state index contributed by atoms with van der Waals surface area (Å²) < 4.78 is 2.22. The number of hydrogen-bond acceptors (Lipinski definition) is 3. The van der Waals surface area contributed by atoms with Crippen LogP contribution < -0.4 is 0 Å². The van der Waals surface area contributed by atoms with Crippen LogP contribution in [0.4, 0.5) is 0 Å². The van der Waals surface area contributed by atoms with E-state index in [1.165, 1.54) is 0 Å². The maximum Gasteiger partial charge on any atom is 0.161 e. The zero-order chi connectivity index (χ0) is 11.8. The van der Waals surface area contributed by atoms with Crippen LogP contribution in [0.3, 0.4) is 0 Å². The summed E-state index contributed by atoms with van der Waals surface area (Å²) in [5.74, 6) is 1.99. The number of nitrogens with zero attached hydrogens (tertiary/aromatic N) is 2. The molecule has 0 saturated heterocycles. The van der Waals surface area contributed by atoms with Crippen molar-refractivity contribution in [3.63, 3.8) is 0 Å². The molecule has 0 unspecified atom stereocenters. The number of hydrogen-bond donors (Lipinski definition) is 0. The van der Waals surface area contributed by atoms with Crippen molar-refractivity contribution in [3.05, 3.63) is 41.9 Å². The number of Topliss-reactive ketones (excluding diaryl/α,β-unsaturated/α-hetero) is 1. The first kappa shape index (κ1) is 10.6. The first-order valence-electron chi connectivity index (χ1n) is 5.49. The third kappa shape index (κ3) is 1.69. The molecule has 0 N–H and O–H groups in total. The van der Waals surface area contributed by atoms with Gasteiger partial charge in [0, 0.05) is 35.0 Å². The van der Waals surface area contributed by atoms with E-state index in [0.717, 1.165) is 34.1 Å². The molecule has 0 aromatic carbocycles. The Morgan fingerprint density at radius 1 is 1.53 bits per heavy atom. The Kier molecular flexibility index (Phi) is 2.52. The van der Waals surface area contributed by atoms with Gasteiger partial charge in [-0.25, -0.2) is 0 Å². The van der Waals surface area contributed by atoms with Crippen molar-refractivity contribution < 1.29 is 4.79 Å². The highest BCUT2D eigenvalue weighted by Crippen LogP contribution is 2.35. The minimum Gasteiger partial charge on any atom is -0.333 e. The predicted octanol–water partition coefficient (Wildman–Crippen LogP) is 2.96. The Morgan fingerprint density at radius 3 is 3.12 bits per heavy atom. The van der Waals surface area contributed by atoms with Crippen LogP contribution in [0.5, 0.6) is 0 Å². The van der Waals surface area contributed by atoms with Crippen LogP contribution in [0, 0.1) is 0 Å². The molecule has 3 rings (SSSR count). The van der Waals surface area contributed by atoms with Crippen molar-refractivity contribution in [3.8, 4) is 11.3 Å². The highest BCUT2D eigenvalue weighted by Gasteiger charge is 2.22. The average Bonchev–Trinajstić information content (AvgIpc) is 2.90. The second-order valence-corrected chi connectivity index (χ2v) is 5.05. The van der Waals surface area contributed by atoms with E-state index in [-0.39, 0.29) is 5.78 Å². The fraction of sp³-hybridized carbons (Fsp3) is 0.231. The molecule has 3 nitrogen and oxygen atoms in total. The van der Waals surface area contributed by atoms with Gasteiger partial charge < -0.3 is 4.57 Å². The summed E-state index contributed by atoms with van der Waals surface area (Å²) in [6.07, 6.45) is 3.60. The molecule has 1 aliphatic rings. The van der Waals surface area contributed by atoms with Gasteiger partial charge >= 0.3 is 0 Å². The molecule has 2 aromatic rings. The van der Waals surface area contributed by atoms with Crippen LogP contribution in [0.1, 0.15) is 23.0 Å². The zero-order valence-electron chi connectivity index (χ0n) is 9.51. The van der Waals surface area contributed by atoms with Gasteiger partial charge in [0.1, 0.15) is 0 Å². The molecule has 0 amide bonds. The summed E-state index contributed by atoms with van der Waals surface area (Å²) in [4.78, 5) is 15.7. The van der Waals surface area contributed by atoms with Crippen molar-refractivity contribution in [2.24, 2.45) is 0 Å². The van der Waals surface area contributed by atoms with E-state index in [9.17, 15) is 4.79 Å². The topological polar surface area (TPSA) is 34.9 Å². The first-order chi connectivity index (χ1) is 8.27. The van der Waals surface area contributed by atoms with Crippen molar-refractivity contribution in [2.75, 3.05) is 0 Å². The fourth-order valence-corrected chi connectivity index (χ4v) is 3.26. The predicted molar refractivity (Wildman–Crippen MR) is 69.0 cm³/mol. The molecular weight excluding hydrogens is 232 g/mol. The minimum absolute atomic E-state index is 0.145. The van der Waals surface area contributed by atoms with Crippen LogP contribution in [0.15, 0.2) is 30.6 Å². The summed E-state index contributed by atoms with van der Waals surface area (Å²) in [6, 6.07) is 5.95. The van der Waals surface area contributed by atoms with Gasteiger partial charge in [0.05, 0.1) is 11.6 Å². The van der Waals surface area contributed by atoms with Gasteiger partial charge in [0.15, 0.2) is 5.78 Å². The third-order valence-electron chi connectivity index (χ3n) is 3.00. The summed E-state index contributed by atoms with van der Waals surface area (Å²) >= 11 is 1.84. The number of rotatable bonds is 2. The lowest BCUT2D eigenvalue weighted by Gasteiger charge is -2.04. The number of carbonyl (C=O) groups is 1. The van der Waals surface area contributed by atoms with Gasteiger partial charge in [0.2, 0.25) is 0 Å². The van der Waals surface area contributed by atoms with Crippen LogP contribution >= 0.6 is 11.8 Å². The van der Waals surface area contributed by atoms with Gasteiger partial charge in [-0.3, -0.25) is 9.78 Å². The maximum absolute atomic E-state index is 11.6. The lowest BCUT2D eigenvalue weighted by molar-refractivity contribution is 0.101. The largest absolute Gasteiger partial charge is 0.333 e. The molecule has 4 heteroatoms. The van der Waals surface area contributed by atoms with E-state index < -0.39 is 0 Å². The molecule has 0 saturated carbocycles. The average molecular weight is 244 g/mol. The van der Waals surface area contributed by atoms with Crippen molar-refractivity contribution in [2.45, 2.75) is 18.6 Å². The molecule has 2 aromatic heterocycles. The van der Waals surface area contributed by atoms with Crippen LogP contribution in [-0.4, -0.2) is 15.3 Å². The Labute approximate surface area is 104 Å². The third-order valence-corrected chi connectivity index (χ3v) is 3.92. The zero-order valence-corrected chi connectivity index (χ0v) is 10.3. The van der Waals surface area contributed by atoms with E-state index in [1.807, 2.05) is 36.2 Å². The Balaban J connectivity index is 2.19. The monoisotopic (exact) mass is 244 g/mol. The number of fused-ring (bicyclic) bond motifs is 1. The van der Waals surface area contributed by atoms with Gasteiger partial charge in [-0.15, -0.1) is 11.8 Å². The molecule has 0 fully saturated rings. The second kappa shape index (κ2) is 4.04. The molecule has 86 valence electrons. The maximum atomic E-state index is 11.6. The molecule has 0 radical (unpaired) electrons. The second-order valence-electron chi connectivity index (χ2n) is 4.09. The number of pyridine rings is 1. The van der Waals surface area contributed by atoms with Gasteiger partial charge in [-0.1, -0.05) is 0 Å². The van der Waals surface area contributed by atoms with Gasteiger partial charge in [-0.05, 0) is 25.1 Å². The highest BCUT2D eigenvalue weighted by atomic mass is 32.2. The standard InChI is InChI=1S/C13H12N2OS/c1-9(16)11-5-12(10-3-2-4-14-6-10)15-8-17-7-13(11)15/h2-6H,7-8H2,1H3. The normalized spacial score (nSPS) is 13.7. The highest BCUT2D eigenvalue weighted by molar-refractivity contribution is 7.97. The van der Waals surface area contributed by atoms with E-state index >= 15 is 0 Å². The molecule has 0 aliphatic carbocycles. The number of ketones is 1. The van der Waals surface area contributed by atoms with Crippen molar-refractivity contribution >= 4 is 17.5 Å². The Hall–Kier alpha value is -1.55. The summed E-state index contributed by atoms with van der Waals surface area (Å²) in [5, 5.41) is 0. The molecule has 1 aliphatic heterocycles. The molecule has 0 spiro atoms. The Morgan fingerprint density at radius 2 is 2.41 bits per heavy atom. The quantitative estimate of drug-likeness (QED) is 0.762. The molecular formula is C13H12N2OS. The van der Waals surface area contributed by atoms with E-state index in [4.69, 9.17) is 0 Å². The van der Waals surface area contributed by atoms with Crippen molar-refractivity contribution in [1.29, 1.82) is 0 Å². The van der Waals surface area contributed by atoms with Gasteiger partial charge in [-0.2, -0.15) is 0 Å². The minimum atomic E-state index is 0.145. The number of thioether (sulfide) groups is 1. The molecule has 0 bridgehead atoms. The molecule has 17 heavy (non-hydrogen) atoms. The lowest BCUT2D eigenvalue weighted by Crippen LogP contribution is -1.97. The van der Waals surface area contributed by atoms with Crippen LogP contribution in [0.2, 0.25) is 0 Å². The SMILES string of the molecule is CC(=O)c1cc(-c2cccnc2)n2c1CSC2. The number of carbonyl (C=O) groups excluding carboxylic acids is 1. The van der Waals surface area contributed by atoms with Gasteiger partial charge in [0.25, 0.3) is 0 Å². The lowest BCUT2D eigenvalue weighted by atomic mass is 10.1. The summed E-state index contributed by atoms with van der Waals surface area (Å²) in [5.41, 5.74) is 4.18. The fourth-order valence-electron chi connectivity index (χ4n) is 2.18. The van der Waals surface area contributed by atoms with E-state index in [2.05, 4.69) is 9.55 Å². The summed E-state index contributed by atoms with van der Waals surface area (Å²) in [7, 11) is 0. The number of aromatic nitrogens is 2. The van der Waals surface area contributed by atoms with E-state index in [1.54, 1.807) is 13.1 Å². The van der Waals surface area contributed by atoms with Crippen LogP contribution in [-0.2, 0) is 11.6 Å². The first-order valence-corrected chi connectivity index (χ1v) is 6.64. The van der Waals surface area contributed by atoms with Crippen molar-refractivity contribution in [1.82, 2.24) is 9.55 Å².